The number of anilines is 1. The molecule has 0 radical (unpaired) electrons. The van der Waals surface area contributed by atoms with Gasteiger partial charge in [-0.1, -0.05) is 11.8 Å². The molecule has 0 fully saturated rings. The fraction of sp³-hybridized carbons (Fsp3) is 0.0769. The van der Waals surface area contributed by atoms with Crippen LogP contribution in [0.1, 0.15) is 17.3 Å². The van der Waals surface area contributed by atoms with E-state index in [-0.39, 0.29) is 5.78 Å². The van der Waals surface area contributed by atoms with Gasteiger partial charge in [-0.05, 0) is 53.2 Å². The lowest BCUT2D eigenvalue weighted by Gasteiger charge is -2.05. The summed E-state index contributed by atoms with van der Waals surface area (Å²) in [5, 5.41) is 0.883. The van der Waals surface area contributed by atoms with Gasteiger partial charge in [0.25, 0.3) is 0 Å². The predicted octanol–water partition coefficient (Wildman–Crippen LogP) is 3.78. The molecule has 1 aromatic carbocycles. The van der Waals surface area contributed by atoms with Crippen LogP contribution in [0.3, 0.4) is 0 Å². The molecule has 0 saturated heterocycles. The second-order valence-corrected chi connectivity index (χ2v) is 5.73. The standard InChI is InChI=1S/C13H11BrN2OS/c1-8(17)11-4-3-10(6-12(11)15)18-13-5-2-9(14)7-16-13/h2-7H,15H2,1H3. The molecular formula is C13H11BrN2OS. The molecule has 1 aromatic heterocycles. The van der Waals surface area contributed by atoms with Crippen LogP contribution >= 0.6 is 27.7 Å². The number of aromatic nitrogens is 1. The third kappa shape index (κ3) is 3.11. The Morgan fingerprint density at radius 1 is 1.33 bits per heavy atom. The van der Waals surface area contributed by atoms with Crippen molar-refractivity contribution in [3.05, 3.63) is 46.6 Å². The smallest absolute Gasteiger partial charge is 0.161 e. The number of nitrogens with two attached hydrogens (primary N) is 1. The summed E-state index contributed by atoms with van der Waals surface area (Å²) in [6, 6.07) is 9.28. The van der Waals surface area contributed by atoms with Crippen LogP contribution in [0, 0.1) is 0 Å². The molecule has 3 nitrogen and oxygen atoms in total. The summed E-state index contributed by atoms with van der Waals surface area (Å²) in [5.41, 5.74) is 6.90. The van der Waals surface area contributed by atoms with Gasteiger partial charge in [0.05, 0.1) is 0 Å². The van der Waals surface area contributed by atoms with Crippen molar-refractivity contribution in [3.8, 4) is 0 Å². The van der Waals surface area contributed by atoms with Gasteiger partial charge in [-0.3, -0.25) is 4.79 Å². The minimum Gasteiger partial charge on any atom is -0.398 e. The van der Waals surface area contributed by atoms with Gasteiger partial charge in [-0.25, -0.2) is 4.98 Å². The van der Waals surface area contributed by atoms with Crippen LogP contribution in [0.2, 0.25) is 0 Å². The van der Waals surface area contributed by atoms with E-state index >= 15 is 0 Å². The number of Topliss-reactive ketones (excluding diaryl/α,β-unsaturated/α-hetero) is 1. The number of hydrogen-bond donors (Lipinski definition) is 1. The second-order valence-electron chi connectivity index (χ2n) is 3.72. The van der Waals surface area contributed by atoms with E-state index in [9.17, 15) is 4.79 Å². The quantitative estimate of drug-likeness (QED) is 0.690. The molecule has 0 aliphatic carbocycles. The second kappa shape index (κ2) is 5.54. The molecule has 0 amide bonds. The van der Waals surface area contributed by atoms with E-state index in [0.29, 0.717) is 11.3 Å². The number of pyridine rings is 1. The molecule has 2 N–H and O–H groups in total. The number of hydrogen-bond acceptors (Lipinski definition) is 4. The first-order valence-electron chi connectivity index (χ1n) is 5.26. The van der Waals surface area contributed by atoms with Crippen molar-refractivity contribution < 1.29 is 4.79 Å². The number of ketones is 1. The van der Waals surface area contributed by atoms with Gasteiger partial charge in [0.1, 0.15) is 5.03 Å². The number of carbonyl (C=O) groups is 1. The molecule has 0 aliphatic rings. The molecule has 0 atom stereocenters. The highest BCUT2D eigenvalue weighted by Gasteiger charge is 2.06. The number of rotatable bonds is 3. The SMILES string of the molecule is CC(=O)c1ccc(Sc2ccc(Br)cn2)cc1N. The number of nitrogens with zero attached hydrogens (tertiary/aromatic N) is 1. The highest BCUT2D eigenvalue weighted by atomic mass is 79.9. The average Bonchev–Trinajstić information content (AvgIpc) is 2.32. The van der Waals surface area contributed by atoms with E-state index in [0.717, 1.165) is 14.4 Å². The summed E-state index contributed by atoms with van der Waals surface area (Å²) in [6.45, 7) is 1.51. The molecule has 0 aliphatic heterocycles. The maximum Gasteiger partial charge on any atom is 0.161 e. The van der Waals surface area contributed by atoms with Gasteiger partial charge in [0.15, 0.2) is 5.78 Å². The van der Waals surface area contributed by atoms with Crippen LogP contribution in [0.15, 0.2) is 50.9 Å². The van der Waals surface area contributed by atoms with Crippen molar-refractivity contribution in [2.45, 2.75) is 16.8 Å². The Hall–Kier alpha value is -1.33. The Balaban J connectivity index is 2.22. The lowest BCUT2D eigenvalue weighted by atomic mass is 10.1. The molecule has 0 saturated carbocycles. The minimum atomic E-state index is -0.0224. The lowest BCUT2D eigenvalue weighted by molar-refractivity contribution is 0.101. The Kier molecular flexibility index (Phi) is 4.04. The summed E-state index contributed by atoms with van der Waals surface area (Å²) in [4.78, 5) is 16.5. The van der Waals surface area contributed by atoms with Crippen molar-refractivity contribution in [1.29, 1.82) is 0 Å². The van der Waals surface area contributed by atoms with E-state index in [4.69, 9.17) is 5.73 Å². The van der Waals surface area contributed by atoms with Crippen molar-refractivity contribution in [1.82, 2.24) is 4.98 Å². The molecule has 1 heterocycles. The molecular weight excluding hydrogens is 312 g/mol. The van der Waals surface area contributed by atoms with E-state index in [1.807, 2.05) is 18.2 Å². The number of benzene rings is 1. The van der Waals surface area contributed by atoms with E-state index in [1.165, 1.54) is 18.7 Å². The minimum absolute atomic E-state index is 0.0224. The molecule has 5 heteroatoms. The Morgan fingerprint density at radius 2 is 2.11 bits per heavy atom. The van der Waals surface area contributed by atoms with E-state index < -0.39 is 0 Å². The van der Waals surface area contributed by atoms with Gasteiger partial charge in [0.2, 0.25) is 0 Å². The molecule has 0 unspecified atom stereocenters. The van der Waals surface area contributed by atoms with Gasteiger partial charge >= 0.3 is 0 Å². The predicted molar refractivity (Wildman–Crippen MR) is 76.9 cm³/mol. The molecule has 2 rings (SSSR count). The van der Waals surface area contributed by atoms with Crippen molar-refractivity contribution in [2.24, 2.45) is 0 Å². The summed E-state index contributed by atoms with van der Waals surface area (Å²) in [7, 11) is 0. The summed E-state index contributed by atoms with van der Waals surface area (Å²) in [5.74, 6) is -0.0224. The van der Waals surface area contributed by atoms with Crippen LogP contribution in [-0.2, 0) is 0 Å². The number of halogens is 1. The summed E-state index contributed by atoms with van der Waals surface area (Å²) < 4.78 is 0.943. The highest BCUT2D eigenvalue weighted by molar-refractivity contribution is 9.10. The van der Waals surface area contributed by atoms with E-state index in [1.54, 1.807) is 18.3 Å². The molecule has 18 heavy (non-hydrogen) atoms. The monoisotopic (exact) mass is 322 g/mol. The zero-order valence-corrected chi connectivity index (χ0v) is 12.1. The maximum atomic E-state index is 11.3. The maximum absolute atomic E-state index is 11.3. The zero-order valence-electron chi connectivity index (χ0n) is 9.68. The van der Waals surface area contributed by atoms with Crippen LogP contribution < -0.4 is 5.73 Å². The van der Waals surface area contributed by atoms with Gasteiger partial charge in [-0.2, -0.15) is 0 Å². The molecule has 92 valence electrons. The zero-order chi connectivity index (χ0) is 13.1. The Morgan fingerprint density at radius 3 is 2.67 bits per heavy atom. The fourth-order valence-corrected chi connectivity index (χ4v) is 2.51. The fourth-order valence-electron chi connectivity index (χ4n) is 1.47. The van der Waals surface area contributed by atoms with Crippen LogP contribution in [0.5, 0.6) is 0 Å². The van der Waals surface area contributed by atoms with Crippen LogP contribution in [0.4, 0.5) is 5.69 Å². The molecule has 0 spiro atoms. The van der Waals surface area contributed by atoms with Gasteiger partial charge < -0.3 is 5.73 Å². The number of carbonyl (C=O) groups excluding carboxylic acids is 1. The Bertz CT molecular complexity index is 584. The van der Waals surface area contributed by atoms with Crippen LogP contribution in [0.25, 0.3) is 0 Å². The lowest BCUT2D eigenvalue weighted by Crippen LogP contribution is -1.99. The first-order valence-corrected chi connectivity index (χ1v) is 6.87. The van der Waals surface area contributed by atoms with Crippen LogP contribution in [-0.4, -0.2) is 10.8 Å². The van der Waals surface area contributed by atoms with Gasteiger partial charge in [-0.15, -0.1) is 0 Å². The van der Waals surface area contributed by atoms with Crippen molar-refractivity contribution >= 4 is 39.2 Å². The topological polar surface area (TPSA) is 56.0 Å². The normalized spacial score (nSPS) is 10.3. The number of nitrogen functional groups attached to an aromatic ring is 1. The third-order valence-corrected chi connectivity index (χ3v) is 3.73. The first-order chi connectivity index (χ1) is 8.56. The molecule has 0 bridgehead atoms. The largest absolute Gasteiger partial charge is 0.398 e. The Labute approximate surface area is 118 Å². The summed E-state index contributed by atoms with van der Waals surface area (Å²) >= 11 is 4.85. The van der Waals surface area contributed by atoms with Crippen molar-refractivity contribution in [2.75, 3.05) is 5.73 Å². The third-order valence-electron chi connectivity index (χ3n) is 2.32. The first kappa shape index (κ1) is 13.1. The van der Waals surface area contributed by atoms with Gasteiger partial charge in [0, 0.05) is 26.8 Å². The summed E-state index contributed by atoms with van der Waals surface area (Å²) in [6.07, 6.45) is 1.75. The highest BCUT2D eigenvalue weighted by Crippen LogP contribution is 2.29. The van der Waals surface area contributed by atoms with Crippen molar-refractivity contribution in [3.63, 3.8) is 0 Å². The van der Waals surface area contributed by atoms with E-state index in [2.05, 4.69) is 20.9 Å². The molecule has 2 aromatic rings. The average molecular weight is 323 g/mol.